The van der Waals surface area contributed by atoms with Crippen LogP contribution in [0.25, 0.3) is 11.0 Å². The summed E-state index contributed by atoms with van der Waals surface area (Å²) in [7, 11) is 1.28. The fourth-order valence-electron chi connectivity index (χ4n) is 3.47. The van der Waals surface area contributed by atoms with E-state index in [-0.39, 0.29) is 17.3 Å². The molecule has 140 valence electrons. The molecule has 0 bridgehead atoms. The molecule has 5 nitrogen and oxygen atoms in total. The molecule has 3 aromatic rings. The fraction of sp³-hybridized carbons (Fsp3) is 0.263. The second-order valence-corrected chi connectivity index (χ2v) is 6.43. The van der Waals surface area contributed by atoms with Crippen LogP contribution >= 0.6 is 0 Å². The number of benzene rings is 2. The fourth-order valence-corrected chi connectivity index (χ4v) is 3.47. The zero-order chi connectivity index (χ0) is 19.2. The number of ether oxygens (including phenoxy) is 1. The number of amides is 1. The molecule has 4 rings (SSSR count). The molecule has 0 radical (unpaired) electrons. The van der Waals surface area contributed by atoms with Crippen LogP contribution in [0, 0.1) is 0 Å². The van der Waals surface area contributed by atoms with Crippen molar-refractivity contribution in [1.82, 2.24) is 9.55 Å². The van der Waals surface area contributed by atoms with Gasteiger partial charge in [-0.1, -0.05) is 12.1 Å². The maximum Gasteiger partial charge on any atom is 0.416 e. The van der Waals surface area contributed by atoms with Crippen molar-refractivity contribution in [1.29, 1.82) is 0 Å². The molecular weight excluding hydrogens is 359 g/mol. The third-order valence-electron chi connectivity index (χ3n) is 4.74. The topological polar surface area (TPSA) is 56.1 Å². The average molecular weight is 375 g/mol. The van der Waals surface area contributed by atoms with Gasteiger partial charge in [-0.2, -0.15) is 13.2 Å². The summed E-state index contributed by atoms with van der Waals surface area (Å²) >= 11 is 0. The van der Waals surface area contributed by atoms with Gasteiger partial charge in [-0.3, -0.25) is 4.79 Å². The van der Waals surface area contributed by atoms with Gasteiger partial charge in [-0.25, -0.2) is 4.98 Å². The van der Waals surface area contributed by atoms with Gasteiger partial charge in [0.15, 0.2) is 0 Å². The number of alkyl halides is 3. The molecular formula is C19H16F3N3O2. The molecule has 2 aromatic carbocycles. The summed E-state index contributed by atoms with van der Waals surface area (Å²) in [5.74, 6) is -0.357. The highest BCUT2D eigenvalue weighted by molar-refractivity contribution is 5.96. The van der Waals surface area contributed by atoms with E-state index in [2.05, 4.69) is 10.3 Å². The number of hydrogen-bond donors (Lipinski definition) is 1. The first-order valence-corrected chi connectivity index (χ1v) is 8.38. The Bertz CT molecular complexity index is 1030. The number of imidazole rings is 1. The maximum atomic E-state index is 13.1. The smallest absolute Gasteiger partial charge is 0.416 e. The molecule has 1 aliphatic heterocycles. The molecule has 0 spiro atoms. The maximum absolute atomic E-state index is 13.1. The number of halogens is 3. The summed E-state index contributed by atoms with van der Waals surface area (Å²) in [6.07, 6.45) is -1.68. The van der Waals surface area contributed by atoms with E-state index in [0.717, 1.165) is 28.7 Å². The Morgan fingerprint density at radius 1 is 1.30 bits per heavy atom. The third kappa shape index (κ3) is 3.11. The molecule has 1 aliphatic rings. The molecule has 1 atom stereocenters. The Hall–Kier alpha value is -3.03. The van der Waals surface area contributed by atoms with Crippen molar-refractivity contribution in [2.45, 2.75) is 25.1 Å². The van der Waals surface area contributed by atoms with Gasteiger partial charge in [0.05, 0.1) is 30.0 Å². The number of carbonyl (C=O) groups excluding carboxylic acids is 1. The van der Waals surface area contributed by atoms with Gasteiger partial charge >= 0.3 is 6.18 Å². The highest BCUT2D eigenvalue weighted by atomic mass is 19.4. The Morgan fingerprint density at radius 3 is 2.85 bits per heavy atom. The first-order valence-electron chi connectivity index (χ1n) is 8.38. The summed E-state index contributed by atoms with van der Waals surface area (Å²) in [6.45, 7) is 0. The van der Waals surface area contributed by atoms with Gasteiger partial charge in [-0.15, -0.1) is 0 Å². The van der Waals surface area contributed by atoms with Crippen molar-refractivity contribution < 1.29 is 22.7 Å². The van der Waals surface area contributed by atoms with Crippen LogP contribution in [0.2, 0.25) is 0 Å². The lowest BCUT2D eigenvalue weighted by atomic mass is 9.98. The second kappa shape index (κ2) is 6.29. The Balaban J connectivity index is 1.65. The Morgan fingerprint density at radius 2 is 2.11 bits per heavy atom. The number of aryl methyl sites for hydroxylation is 1. The highest BCUT2D eigenvalue weighted by Gasteiger charge is 2.32. The number of para-hydroxylation sites is 1. The number of methoxy groups -OCH3 is 1. The number of aromatic nitrogens is 2. The molecule has 8 heteroatoms. The van der Waals surface area contributed by atoms with E-state index in [1.807, 2.05) is 18.2 Å². The third-order valence-corrected chi connectivity index (χ3v) is 4.74. The minimum Gasteiger partial charge on any atom is -0.497 e. The van der Waals surface area contributed by atoms with Crippen LogP contribution < -0.4 is 10.1 Å². The van der Waals surface area contributed by atoms with Gasteiger partial charge in [0.2, 0.25) is 5.91 Å². The summed E-state index contributed by atoms with van der Waals surface area (Å²) < 4.78 is 45.9. The number of nitrogens with one attached hydrogen (secondary N) is 1. The van der Waals surface area contributed by atoms with E-state index in [1.54, 1.807) is 10.9 Å². The first kappa shape index (κ1) is 17.4. The molecule has 27 heavy (non-hydrogen) atoms. The molecule has 0 aliphatic carbocycles. The van der Waals surface area contributed by atoms with E-state index in [9.17, 15) is 18.0 Å². The largest absolute Gasteiger partial charge is 0.497 e. The minimum absolute atomic E-state index is 0.0270. The monoisotopic (exact) mass is 375 g/mol. The molecule has 0 fully saturated rings. The van der Waals surface area contributed by atoms with Gasteiger partial charge in [-0.05, 0) is 36.6 Å². The van der Waals surface area contributed by atoms with Crippen molar-refractivity contribution in [3.63, 3.8) is 0 Å². The standard InChI is InChI=1S/C19H16F3N3O2/c1-27-14-8-12(19(20,21)22)7-13(9-14)24-18(26)16-6-5-11-3-2-4-15-17(11)25(16)10-23-15/h2-4,7-10,16H,5-6H2,1H3,(H,24,26). The van der Waals surface area contributed by atoms with E-state index in [0.29, 0.717) is 12.8 Å². The van der Waals surface area contributed by atoms with Gasteiger partial charge in [0, 0.05) is 11.8 Å². The molecule has 1 unspecified atom stereocenters. The van der Waals surface area contributed by atoms with Gasteiger partial charge in [0.25, 0.3) is 0 Å². The van der Waals surface area contributed by atoms with Gasteiger partial charge in [0.1, 0.15) is 11.8 Å². The summed E-state index contributed by atoms with van der Waals surface area (Å²) in [4.78, 5) is 17.1. The quantitative estimate of drug-likeness (QED) is 0.747. The Kier molecular flexibility index (Phi) is 4.05. The number of carbonyl (C=O) groups is 1. The van der Waals surface area contributed by atoms with Gasteiger partial charge < -0.3 is 14.6 Å². The van der Waals surface area contributed by atoms with Crippen LogP contribution in [0.5, 0.6) is 5.75 Å². The number of rotatable bonds is 3. The van der Waals surface area contributed by atoms with E-state index >= 15 is 0 Å². The van der Waals surface area contributed by atoms with Crippen LogP contribution in [0.4, 0.5) is 18.9 Å². The SMILES string of the molecule is COc1cc(NC(=O)C2CCc3cccc4ncn2c34)cc(C(F)(F)F)c1. The zero-order valence-electron chi connectivity index (χ0n) is 14.4. The van der Waals surface area contributed by atoms with Crippen molar-refractivity contribution in [2.75, 3.05) is 12.4 Å². The average Bonchev–Trinajstić information content (AvgIpc) is 3.07. The lowest BCUT2D eigenvalue weighted by Crippen LogP contribution is -2.28. The highest BCUT2D eigenvalue weighted by Crippen LogP contribution is 2.35. The predicted molar refractivity (Wildman–Crippen MR) is 93.7 cm³/mol. The summed E-state index contributed by atoms with van der Waals surface area (Å²) in [6, 6.07) is 8.41. The van der Waals surface area contributed by atoms with E-state index in [4.69, 9.17) is 4.74 Å². The van der Waals surface area contributed by atoms with Crippen molar-refractivity contribution in [3.05, 3.63) is 53.9 Å². The minimum atomic E-state index is -4.53. The Labute approximate surface area is 152 Å². The molecule has 1 N–H and O–H groups in total. The lowest BCUT2D eigenvalue weighted by molar-refractivity contribution is -0.137. The van der Waals surface area contributed by atoms with Crippen molar-refractivity contribution in [2.24, 2.45) is 0 Å². The molecule has 0 saturated heterocycles. The van der Waals surface area contributed by atoms with Crippen LogP contribution in [0.3, 0.4) is 0 Å². The van der Waals surface area contributed by atoms with Crippen LogP contribution in [0.1, 0.15) is 23.6 Å². The predicted octanol–water partition coefficient (Wildman–Crippen LogP) is 4.19. The molecule has 2 heterocycles. The lowest BCUT2D eigenvalue weighted by Gasteiger charge is -2.24. The van der Waals surface area contributed by atoms with Crippen LogP contribution in [-0.4, -0.2) is 22.6 Å². The zero-order valence-corrected chi connectivity index (χ0v) is 14.4. The molecule has 0 saturated carbocycles. The number of anilines is 1. The second-order valence-electron chi connectivity index (χ2n) is 6.43. The normalized spacial score (nSPS) is 16.4. The molecule has 1 aromatic heterocycles. The first-order chi connectivity index (χ1) is 12.9. The molecule has 1 amide bonds. The van der Waals surface area contributed by atoms with Crippen LogP contribution in [0.15, 0.2) is 42.7 Å². The summed E-state index contributed by atoms with van der Waals surface area (Å²) in [5.41, 5.74) is 1.96. The summed E-state index contributed by atoms with van der Waals surface area (Å²) in [5, 5.41) is 2.59. The number of hydrogen-bond acceptors (Lipinski definition) is 3. The van der Waals surface area contributed by atoms with E-state index in [1.165, 1.54) is 13.2 Å². The number of nitrogens with zero attached hydrogens (tertiary/aromatic N) is 2. The van der Waals surface area contributed by atoms with E-state index < -0.39 is 17.8 Å². The van der Waals surface area contributed by atoms with Crippen LogP contribution in [-0.2, 0) is 17.4 Å². The van der Waals surface area contributed by atoms with Crippen molar-refractivity contribution >= 4 is 22.6 Å². The van der Waals surface area contributed by atoms with Crippen molar-refractivity contribution in [3.8, 4) is 5.75 Å².